The Hall–Kier alpha value is -8.40. The van der Waals surface area contributed by atoms with Crippen LogP contribution >= 0.6 is 0 Å². The fourth-order valence-electron chi connectivity index (χ4n) is 9.90. The van der Waals surface area contributed by atoms with Gasteiger partial charge in [0, 0.05) is 27.8 Å². The minimum Gasteiger partial charge on any atom is -0.453 e. The van der Waals surface area contributed by atoms with Gasteiger partial charge in [0.25, 0.3) is 0 Å². The third-order valence-corrected chi connectivity index (χ3v) is 13.0. The summed E-state index contributed by atoms with van der Waals surface area (Å²) in [5.41, 5.74) is 13.8. The Balaban J connectivity index is 0.892. The van der Waals surface area contributed by atoms with Crippen LogP contribution in [0.3, 0.4) is 0 Å². The normalized spacial score (nSPS) is 11.9. The molecule has 0 aliphatic carbocycles. The van der Waals surface area contributed by atoms with Gasteiger partial charge in [-0.05, 0) is 138 Å². The van der Waals surface area contributed by atoms with Gasteiger partial charge in [0.05, 0.1) is 16.7 Å². The fourth-order valence-corrected chi connectivity index (χ4v) is 9.90. The molecule has 0 saturated carbocycles. The number of para-hydroxylation sites is 3. The Morgan fingerprint density at radius 3 is 1.65 bits per heavy atom. The van der Waals surface area contributed by atoms with Crippen LogP contribution in [0.4, 0.5) is 17.1 Å². The average Bonchev–Trinajstić information content (AvgIpc) is 3.69. The van der Waals surface area contributed by atoms with E-state index in [1.54, 1.807) is 0 Å². The quantitative estimate of drug-likeness (QED) is 0.156. The van der Waals surface area contributed by atoms with Crippen LogP contribution in [-0.4, -0.2) is 4.57 Å². The number of ether oxygens (including phenoxy) is 1. The lowest BCUT2D eigenvalue weighted by molar-refractivity contribution is 0.476. The monoisotopic (exact) mass is 802 g/mol. The summed E-state index contributed by atoms with van der Waals surface area (Å²) in [4.78, 5) is 2.36. The van der Waals surface area contributed by atoms with E-state index in [0.717, 1.165) is 45.3 Å². The van der Waals surface area contributed by atoms with E-state index >= 15 is 0 Å². The van der Waals surface area contributed by atoms with E-state index in [4.69, 9.17) is 4.74 Å². The minimum atomic E-state index is 0.875. The zero-order chi connectivity index (χ0) is 41.4. The molecule has 3 nitrogen and oxygen atoms in total. The van der Waals surface area contributed by atoms with Gasteiger partial charge in [-0.1, -0.05) is 158 Å². The van der Waals surface area contributed by atoms with Gasteiger partial charge in [-0.2, -0.15) is 0 Å². The van der Waals surface area contributed by atoms with Crippen LogP contribution in [0, 0.1) is 0 Å². The molecule has 0 atom stereocenters. The molecule has 1 aromatic heterocycles. The molecule has 0 amide bonds. The zero-order valence-corrected chi connectivity index (χ0v) is 34.2. The van der Waals surface area contributed by atoms with Crippen LogP contribution in [0.25, 0.3) is 93.2 Å². The van der Waals surface area contributed by atoms with Crippen molar-refractivity contribution in [2.75, 3.05) is 4.90 Å². The molecule has 0 radical (unpaired) electrons. The molecule has 1 aliphatic rings. The van der Waals surface area contributed by atoms with E-state index in [9.17, 15) is 0 Å². The van der Waals surface area contributed by atoms with Crippen LogP contribution < -0.4 is 9.64 Å². The molecule has 11 aromatic carbocycles. The number of fused-ring (bicyclic) bond motifs is 9. The maximum Gasteiger partial charge on any atom is 0.152 e. The molecule has 0 unspecified atom stereocenters. The molecule has 0 fully saturated rings. The highest BCUT2D eigenvalue weighted by Gasteiger charge is 2.24. The van der Waals surface area contributed by atoms with Crippen molar-refractivity contribution in [3.8, 4) is 50.6 Å². The van der Waals surface area contributed by atoms with E-state index in [0.29, 0.717) is 0 Å². The molecular formula is C60H38N2O. The highest BCUT2D eigenvalue weighted by atomic mass is 16.5. The molecule has 12 aromatic rings. The predicted octanol–water partition coefficient (Wildman–Crippen LogP) is 16.8. The Morgan fingerprint density at radius 2 is 0.873 bits per heavy atom. The average molecular weight is 803 g/mol. The van der Waals surface area contributed by atoms with Gasteiger partial charge in [0.2, 0.25) is 0 Å². The summed E-state index contributed by atoms with van der Waals surface area (Å²) in [6.07, 6.45) is 0. The molecule has 0 saturated heterocycles. The summed E-state index contributed by atoms with van der Waals surface area (Å²) >= 11 is 0. The van der Waals surface area contributed by atoms with Gasteiger partial charge in [-0.3, -0.25) is 0 Å². The molecule has 0 N–H and O–H groups in total. The largest absolute Gasteiger partial charge is 0.453 e. The van der Waals surface area contributed by atoms with Crippen molar-refractivity contribution in [3.05, 3.63) is 231 Å². The summed E-state index contributed by atoms with van der Waals surface area (Å²) in [7, 11) is 0. The third kappa shape index (κ3) is 5.75. The Morgan fingerprint density at radius 1 is 0.317 bits per heavy atom. The number of hydrogen-bond acceptors (Lipinski definition) is 2. The zero-order valence-electron chi connectivity index (χ0n) is 34.2. The van der Waals surface area contributed by atoms with Crippen molar-refractivity contribution < 1.29 is 4.74 Å². The molecular weight excluding hydrogens is 765 g/mol. The van der Waals surface area contributed by atoms with Crippen molar-refractivity contribution in [3.63, 3.8) is 0 Å². The van der Waals surface area contributed by atoms with E-state index < -0.39 is 0 Å². The van der Waals surface area contributed by atoms with Gasteiger partial charge in [-0.15, -0.1) is 0 Å². The molecule has 1 aliphatic heterocycles. The maximum atomic E-state index is 6.38. The first-order valence-electron chi connectivity index (χ1n) is 21.6. The second kappa shape index (κ2) is 14.1. The molecule has 13 rings (SSSR count). The number of aromatic nitrogens is 1. The van der Waals surface area contributed by atoms with Crippen LogP contribution in [0.2, 0.25) is 0 Å². The predicted molar refractivity (Wildman–Crippen MR) is 264 cm³/mol. The summed E-state index contributed by atoms with van der Waals surface area (Å²) in [6.45, 7) is 0. The first kappa shape index (κ1) is 35.4. The van der Waals surface area contributed by atoms with Crippen molar-refractivity contribution in [1.29, 1.82) is 0 Å². The van der Waals surface area contributed by atoms with Crippen molar-refractivity contribution >= 4 is 71.2 Å². The Kier molecular flexibility index (Phi) is 7.91. The van der Waals surface area contributed by atoms with Gasteiger partial charge in [0.1, 0.15) is 0 Å². The van der Waals surface area contributed by atoms with Crippen LogP contribution in [0.15, 0.2) is 231 Å². The molecule has 63 heavy (non-hydrogen) atoms. The molecule has 0 bridgehead atoms. The maximum absolute atomic E-state index is 6.38. The number of nitrogens with zero attached hydrogens (tertiary/aromatic N) is 2. The van der Waals surface area contributed by atoms with Crippen molar-refractivity contribution in [2.24, 2.45) is 0 Å². The Bertz CT molecular complexity index is 3750. The van der Waals surface area contributed by atoms with E-state index in [-0.39, 0.29) is 0 Å². The smallest absolute Gasteiger partial charge is 0.152 e. The number of anilines is 3. The summed E-state index contributed by atoms with van der Waals surface area (Å²) in [5.74, 6) is 1.76. The summed E-state index contributed by atoms with van der Waals surface area (Å²) < 4.78 is 8.73. The second-order valence-corrected chi connectivity index (χ2v) is 16.5. The first-order valence-corrected chi connectivity index (χ1v) is 21.6. The highest BCUT2D eigenvalue weighted by Crippen LogP contribution is 2.46. The van der Waals surface area contributed by atoms with Crippen LogP contribution in [0.5, 0.6) is 11.5 Å². The van der Waals surface area contributed by atoms with Crippen molar-refractivity contribution in [1.82, 2.24) is 4.57 Å². The van der Waals surface area contributed by atoms with Crippen LogP contribution in [-0.2, 0) is 0 Å². The van der Waals surface area contributed by atoms with E-state index in [2.05, 4.69) is 228 Å². The minimum absolute atomic E-state index is 0.875. The first-order chi connectivity index (χ1) is 31.2. The number of hydrogen-bond donors (Lipinski definition) is 0. The summed E-state index contributed by atoms with van der Waals surface area (Å²) in [5, 5.41) is 9.96. The lowest BCUT2D eigenvalue weighted by atomic mass is 9.94. The third-order valence-electron chi connectivity index (χ3n) is 13.0. The standard InChI is InChI=1S/C60H38N2O/c1-2-11-44-37-45(20-19-39(44)9-1)40-21-29-47(30-22-40)61(49-33-25-43(26-34-49)51-13-7-14-52-50-12-4-3-10-42(50)27-35-53(51)52)48-31-23-41(24-32-48)46-28-36-56-55(38-46)54-15-8-18-59-60(54)62(56)57-16-5-6-17-58(57)63-59/h1-38H. The van der Waals surface area contributed by atoms with Gasteiger partial charge in [-0.25, -0.2) is 0 Å². The number of benzene rings is 11. The van der Waals surface area contributed by atoms with Gasteiger partial charge >= 0.3 is 0 Å². The lowest BCUT2D eigenvalue weighted by Crippen LogP contribution is -2.09. The van der Waals surface area contributed by atoms with E-state index in [1.807, 2.05) is 12.1 Å². The fraction of sp³-hybridized carbons (Fsp3) is 0. The Labute approximate surface area is 364 Å². The molecule has 3 heteroatoms. The molecule has 0 spiro atoms. The van der Waals surface area contributed by atoms with Gasteiger partial charge in [0.15, 0.2) is 11.5 Å². The summed E-state index contributed by atoms with van der Waals surface area (Å²) in [6, 6.07) is 83.6. The molecule has 2 heterocycles. The number of rotatable bonds is 6. The van der Waals surface area contributed by atoms with E-state index in [1.165, 1.54) is 76.4 Å². The topological polar surface area (TPSA) is 17.4 Å². The van der Waals surface area contributed by atoms with Crippen molar-refractivity contribution in [2.45, 2.75) is 0 Å². The van der Waals surface area contributed by atoms with Crippen LogP contribution in [0.1, 0.15) is 0 Å². The SMILES string of the molecule is c1ccc2c(c1)Oc1cccc3c4cc(-c5ccc(N(c6ccc(-c7ccc8ccccc8c7)cc6)c6ccc(-c7cccc8c7ccc7ccccc78)cc6)cc5)ccc4n-2c13. The molecule has 294 valence electrons. The lowest BCUT2D eigenvalue weighted by Gasteiger charge is -2.26. The van der Waals surface area contributed by atoms with Gasteiger partial charge < -0.3 is 14.2 Å². The highest BCUT2D eigenvalue weighted by molar-refractivity contribution is 6.14. The second-order valence-electron chi connectivity index (χ2n) is 16.5.